The summed E-state index contributed by atoms with van der Waals surface area (Å²) in [5.74, 6) is 0.855. The molecule has 5 nitrogen and oxygen atoms in total. The Morgan fingerprint density at radius 1 is 1.16 bits per heavy atom. The Bertz CT molecular complexity index is 741. The van der Waals surface area contributed by atoms with Gasteiger partial charge in [-0.25, -0.2) is 0 Å². The molecule has 1 aromatic carbocycles. The van der Waals surface area contributed by atoms with E-state index in [1.54, 1.807) is 7.11 Å². The van der Waals surface area contributed by atoms with E-state index in [-0.39, 0.29) is 11.9 Å². The first-order valence-corrected chi connectivity index (χ1v) is 8.82. The fraction of sp³-hybridized carbons (Fsp3) is 0.450. The number of piperidine rings is 1. The monoisotopic (exact) mass is 341 g/mol. The number of amides is 1. The van der Waals surface area contributed by atoms with Crippen LogP contribution in [0.25, 0.3) is 5.69 Å². The predicted octanol–water partition coefficient (Wildman–Crippen LogP) is 2.93. The number of nitrogens with zero attached hydrogens (tertiary/aromatic N) is 2. The molecule has 5 heteroatoms. The number of hydrogen-bond donors (Lipinski definition) is 1. The van der Waals surface area contributed by atoms with Crippen LogP contribution in [0.15, 0.2) is 30.3 Å². The summed E-state index contributed by atoms with van der Waals surface area (Å²) in [6.07, 6.45) is 2.03. The molecule has 1 amide bonds. The third kappa shape index (κ3) is 3.71. The van der Waals surface area contributed by atoms with E-state index < -0.39 is 0 Å². The summed E-state index contributed by atoms with van der Waals surface area (Å²) in [5, 5.41) is 3.21. The molecule has 1 fully saturated rings. The van der Waals surface area contributed by atoms with Crippen LogP contribution in [0, 0.1) is 13.8 Å². The van der Waals surface area contributed by atoms with Gasteiger partial charge < -0.3 is 19.5 Å². The number of hydrogen-bond acceptors (Lipinski definition) is 3. The number of nitrogens with one attached hydrogen (secondary N) is 1. The van der Waals surface area contributed by atoms with E-state index >= 15 is 0 Å². The highest BCUT2D eigenvalue weighted by molar-refractivity contribution is 5.96. The van der Waals surface area contributed by atoms with Gasteiger partial charge in [-0.2, -0.15) is 0 Å². The second kappa shape index (κ2) is 7.31. The minimum absolute atomic E-state index is 0.0300. The fourth-order valence-electron chi connectivity index (χ4n) is 3.54. The standard InChI is InChI=1S/C20H27N3O2/c1-14-13-19(20(24)21-16-9-11-22(3)12-10-16)15(2)23(14)17-5-7-18(25-4)8-6-17/h5-8,13,16H,9-12H2,1-4H3,(H,21,24). The van der Waals surface area contributed by atoms with Crippen molar-refractivity contribution in [1.29, 1.82) is 0 Å². The zero-order valence-electron chi connectivity index (χ0n) is 15.5. The summed E-state index contributed by atoms with van der Waals surface area (Å²) in [5.41, 5.74) is 3.81. The molecule has 0 bridgehead atoms. The highest BCUT2D eigenvalue weighted by Gasteiger charge is 2.22. The number of carbonyl (C=O) groups is 1. The molecule has 2 aromatic rings. The first-order valence-electron chi connectivity index (χ1n) is 8.82. The molecule has 2 heterocycles. The summed E-state index contributed by atoms with van der Waals surface area (Å²) >= 11 is 0. The van der Waals surface area contributed by atoms with Crippen LogP contribution in [-0.4, -0.2) is 48.7 Å². The van der Waals surface area contributed by atoms with Gasteiger partial charge in [-0.15, -0.1) is 0 Å². The van der Waals surface area contributed by atoms with Gasteiger partial charge in [-0.1, -0.05) is 0 Å². The highest BCUT2D eigenvalue weighted by Crippen LogP contribution is 2.23. The molecule has 1 N–H and O–H groups in total. The number of aryl methyl sites for hydroxylation is 1. The van der Waals surface area contributed by atoms with Gasteiger partial charge in [-0.3, -0.25) is 4.79 Å². The molecular weight excluding hydrogens is 314 g/mol. The summed E-state index contributed by atoms with van der Waals surface area (Å²) in [7, 11) is 3.78. The molecule has 1 saturated heterocycles. The Morgan fingerprint density at radius 2 is 1.80 bits per heavy atom. The normalized spacial score (nSPS) is 16.0. The van der Waals surface area contributed by atoms with Crippen LogP contribution in [-0.2, 0) is 0 Å². The molecule has 3 rings (SSSR count). The van der Waals surface area contributed by atoms with Gasteiger partial charge in [-0.05, 0) is 77.2 Å². The molecule has 25 heavy (non-hydrogen) atoms. The molecule has 1 aliphatic heterocycles. The van der Waals surface area contributed by atoms with Crippen molar-refractivity contribution in [2.24, 2.45) is 0 Å². The van der Waals surface area contributed by atoms with Crippen LogP contribution in [0.4, 0.5) is 0 Å². The Kier molecular flexibility index (Phi) is 5.13. The number of rotatable bonds is 4. The first kappa shape index (κ1) is 17.5. The lowest BCUT2D eigenvalue weighted by Gasteiger charge is -2.29. The zero-order chi connectivity index (χ0) is 18.0. The number of benzene rings is 1. The van der Waals surface area contributed by atoms with Gasteiger partial charge in [0.05, 0.1) is 12.7 Å². The third-order valence-electron chi connectivity index (χ3n) is 5.06. The topological polar surface area (TPSA) is 46.5 Å². The van der Waals surface area contributed by atoms with E-state index in [0.717, 1.165) is 54.3 Å². The Hall–Kier alpha value is -2.27. The Morgan fingerprint density at radius 3 is 2.40 bits per heavy atom. The van der Waals surface area contributed by atoms with E-state index in [1.165, 1.54) is 0 Å². The minimum atomic E-state index is 0.0300. The quantitative estimate of drug-likeness (QED) is 0.930. The number of carbonyl (C=O) groups excluding carboxylic acids is 1. The molecule has 0 saturated carbocycles. The van der Waals surface area contributed by atoms with Crippen LogP contribution in [0.3, 0.4) is 0 Å². The molecule has 1 aromatic heterocycles. The molecule has 1 aliphatic rings. The van der Waals surface area contributed by atoms with Crippen LogP contribution in [0.5, 0.6) is 5.75 Å². The van der Waals surface area contributed by atoms with Crippen molar-refractivity contribution in [3.63, 3.8) is 0 Å². The molecule has 0 spiro atoms. The Balaban J connectivity index is 1.79. The van der Waals surface area contributed by atoms with E-state index in [2.05, 4.69) is 21.8 Å². The average Bonchev–Trinajstić information content (AvgIpc) is 2.91. The van der Waals surface area contributed by atoms with Crippen LogP contribution < -0.4 is 10.1 Å². The summed E-state index contributed by atoms with van der Waals surface area (Å²) < 4.78 is 7.34. The van der Waals surface area contributed by atoms with Crippen molar-refractivity contribution in [1.82, 2.24) is 14.8 Å². The SMILES string of the molecule is COc1ccc(-n2c(C)cc(C(=O)NC3CCN(C)CC3)c2C)cc1. The number of aromatic nitrogens is 1. The lowest BCUT2D eigenvalue weighted by molar-refractivity contribution is 0.0916. The van der Waals surface area contributed by atoms with Gasteiger partial charge in [0.15, 0.2) is 0 Å². The molecule has 0 aliphatic carbocycles. The van der Waals surface area contributed by atoms with Crippen molar-refractivity contribution in [3.05, 3.63) is 47.3 Å². The molecule has 134 valence electrons. The number of likely N-dealkylation sites (tertiary alicyclic amines) is 1. The second-order valence-electron chi connectivity index (χ2n) is 6.87. The third-order valence-corrected chi connectivity index (χ3v) is 5.06. The minimum Gasteiger partial charge on any atom is -0.497 e. The second-order valence-corrected chi connectivity index (χ2v) is 6.87. The average molecular weight is 341 g/mol. The van der Waals surface area contributed by atoms with Gasteiger partial charge in [0.25, 0.3) is 5.91 Å². The lowest BCUT2D eigenvalue weighted by atomic mass is 10.0. The van der Waals surface area contributed by atoms with Crippen LogP contribution in [0.1, 0.15) is 34.6 Å². The van der Waals surface area contributed by atoms with Crippen LogP contribution in [0.2, 0.25) is 0 Å². The lowest BCUT2D eigenvalue weighted by Crippen LogP contribution is -2.43. The number of methoxy groups -OCH3 is 1. The van der Waals surface area contributed by atoms with Crippen molar-refractivity contribution >= 4 is 5.91 Å². The molecule has 0 atom stereocenters. The Labute approximate surface area is 149 Å². The van der Waals surface area contributed by atoms with Crippen molar-refractivity contribution in [2.75, 3.05) is 27.2 Å². The first-order chi connectivity index (χ1) is 12.0. The maximum atomic E-state index is 12.8. The van der Waals surface area contributed by atoms with Crippen molar-refractivity contribution < 1.29 is 9.53 Å². The smallest absolute Gasteiger partial charge is 0.253 e. The van der Waals surface area contributed by atoms with Crippen LogP contribution >= 0.6 is 0 Å². The predicted molar refractivity (Wildman–Crippen MR) is 99.8 cm³/mol. The van der Waals surface area contributed by atoms with Gasteiger partial charge in [0.2, 0.25) is 0 Å². The van der Waals surface area contributed by atoms with Gasteiger partial charge >= 0.3 is 0 Å². The number of ether oxygens (including phenoxy) is 1. The molecular formula is C20H27N3O2. The summed E-state index contributed by atoms with van der Waals surface area (Å²) in [6, 6.07) is 10.1. The largest absolute Gasteiger partial charge is 0.497 e. The highest BCUT2D eigenvalue weighted by atomic mass is 16.5. The molecule has 0 unspecified atom stereocenters. The van der Waals surface area contributed by atoms with Gasteiger partial charge in [0, 0.05) is 23.1 Å². The van der Waals surface area contributed by atoms with Crippen molar-refractivity contribution in [2.45, 2.75) is 32.7 Å². The summed E-state index contributed by atoms with van der Waals surface area (Å²) in [6.45, 7) is 6.11. The molecule has 0 radical (unpaired) electrons. The van der Waals surface area contributed by atoms with E-state index in [9.17, 15) is 4.79 Å². The fourth-order valence-corrected chi connectivity index (χ4v) is 3.54. The zero-order valence-corrected chi connectivity index (χ0v) is 15.5. The maximum absolute atomic E-state index is 12.8. The summed E-state index contributed by atoms with van der Waals surface area (Å²) in [4.78, 5) is 15.1. The van der Waals surface area contributed by atoms with E-state index in [4.69, 9.17) is 4.74 Å². The van der Waals surface area contributed by atoms with Crippen molar-refractivity contribution in [3.8, 4) is 11.4 Å². The van der Waals surface area contributed by atoms with Gasteiger partial charge in [0.1, 0.15) is 5.75 Å². The maximum Gasteiger partial charge on any atom is 0.253 e. The van der Waals surface area contributed by atoms with E-state index in [1.807, 2.05) is 44.2 Å². The van der Waals surface area contributed by atoms with E-state index in [0.29, 0.717) is 0 Å².